The zero-order valence-electron chi connectivity index (χ0n) is 13.2. The summed E-state index contributed by atoms with van der Waals surface area (Å²) < 4.78 is 10.5. The number of para-hydroxylation sites is 1. The Bertz CT molecular complexity index is 802. The molecule has 1 aromatic carbocycles. The Morgan fingerprint density at radius 3 is 2.36 bits per heavy atom. The molecule has 2 aromatic heterocycles. The number of aryl methyl sites for hydroxylation is 2. The molecule has 0 radical (unpaired) electrons. The monoisotopic (exact) mass is 297 g/mol. The van der Waals surface area contributed by atoms with Gasteiger partial charge in [-0.25, -0.2) is 0 Å². The number of rotatable bonds is 4. The van der Waals surface area contributed by atoms with E-state index in [-0.39, 0.29) is 0 Å². The van der Waals surface area contributed by atoms with Crippen LogP contribution in [0.3, 0.4) is 0 Å². The maximum atomic E-state index is 5.25. The van der Waals surface area contributed by atoms with E-state index in [9.17, 15) is 0 Å². The third-order valence-electron chi connectivity index (χ3n) is 3.81. The summed E-state index contributed by atoms with van der Waals surface area (Å²) in [4.78, 5) is 12.4. The molecule has 114 valence electrons. The fourth-order valence-corrected chi connectivity index (χ4v) is 2.72. The predicted molar refractivity (Wildman–Crippen MR) is 86.5 cm³/mol. The minimum atomic E-state index is 0.488. The van der Waals surface area contributed by atoms with Crippen LogP contribution in [0.15, 0.2) is 24.3 Å². The molecule has 0 aliphatic heterocycles. The first kappa shape index (κ1) is 14.4. The van der Waals surface area contributed by atoms with E-state index in [0.29, 0.717) is 17.6 Å². The molecule has 22 heavy (non-hydrogen) atoms. The number of fused-ring (bicyclic) bond motifs is 1. The second-order valence-corrected chi connectivity index (χ2v) is 5.09. The normalized spacial score (nSPS) is 10.9. The fourth-order valence-electron chi connectivity index (χ4n) is 2.72. The first-order valence-corrected chi connectivity index (χ1v) is 7.25. The summed E-state index contributed by atoms with van der Waals surface area (Å²) in [6.07, 6.45) is 0.971. The number of aromatic amines is 1. The minimum Gasteiger partial charge on any atom is -0.481 e. The second-order valence-electron chi connectivity index (χ2n) is 5.09. The Labute approximate surface area is 129 Å². The number of nitrogens with one attached hydrogen (secondary N) is 1. The van der Waals surface area contributed by atoms with Crippen LogP contribution in [0.25, 0.3) is 22.3 Å². The summed E-state index contributed by atoms with van der Waals surface area (Å²) in [5.74, 6) is 1.58. The lowest BCUT2D eigenvalue weighted by Crippen LogP contribution is -1.97. The van der Waals surface area contributed by atoms with E-state index in [2.05, 4.69) is 40.1 Å². The number of aromatic nitrogens is 3. The van der Waals surface area contributed by atoms with Gasteiger partial charge in [0.05, 0.1) is 20.3 Å². The Hall–Kier alpha value is -2.56. The van der Waals surface area contributed by atoms with Crippen LogP contribution >= 0.6 is 0 Å². The van der Waals surface area contributed by atoms with Crippen molar-refractivity contribution in [3.8, 4) is 23.1 Å². The minimum absolute atomic E-state index is 0.488. The second kappa shape index (κ2) is 5.67. The van der Waals surface area contributed by atoms with Gasteiger partial charge in [0.15, 0.2) is 5.82 Å². The van der Waals surface area contributed by atoms with Crippen LogP contribution in [0, 0.1) is 6.92 Å². The molecule has 0 bridgehead atoms. The molecule has 3 aromatic rings. The van der Waals surface area contributed by atoms with E-state index in [1.54, 1.807) is 20.3 Å². The Morgan fingerprint density at radius 1 is 1.09 bits per heavy atom. The van der Waals surface area contributed by atoms with Crippen molar-refractivity contribution in [1.29, 1.82) is 0 Å². The van der Waals surface area contributed by atoms with Crippen molar-refractivity contribution in [2.24, 2.45) is 0 Å². The maximum Gasteiger partial charge on any atom is 0.220 e. The van der Waals surface area contributed by atoms with Gasteiger partial charge in [0.1, 0.15) is 0 Å². The maximum absolute atomic E-state index is 5.25. The molecule has 0 atom stereocenters. The van der Waals surface area contributed by atoms with Gasteiger partial charge < -0.3 is 14.5 Å². The highest BCUT2D eigenvalue weighted by molar-refractivity contribution is 5.97. The molecule has 5 nitrogen and oxygen atoms in total. The molecule has 0 aliphatic carbocycles. The average molecular weight is 297 g/mol. The summed E-state index contributed by atoms with van der Waals surface area (Å²) in [6, 6.07) is 7.96. The van der Waals surface area contributed by atoms with Crippen molar-refractivity contribution < 1.29 is 9.47 Å². The van der Waals surface area contributed by atoms with Crippen LogP contribution in [0.4, 0.5) is 0 Å². The van der Waals surface area contributed by atoms with Gasteiger partial charge in [-0.05, 0) is 18.9 Å². The molecule has 0 saturated carbocycles. The first-order chi connectivity index (χ1) is 10.7. The summed E-state index contributed by atoms with van der Waals surface area (Å²) in [5.41, 5.74) is 4.44. The number of hydrogen-bond donors (Lipinski definition) is 1. The summed E-state index contributed by atoms with van der Waals surface area (Å²) in [7, 11) is 3.17. The predicted octanol–water partition coefficient (Wildman–Crippen LogP) is 3.51. The Kier molecular flexibility index (Phi) is 3.71. The van der Waals surface area contributed by atoms with E-state index in [1.807, 2.05) is 6.92 Å². The Morgan fingerprint density at radius 2 is 1.77 bits per heavy atom. The van der Waals surface area contributed by atoms with Crippen molar-refractivity contribution in [2.75, 3.05) is 14.2 Å². The molecule has 1 N–H and O–H groups in total. The number of nitrogens with zero attached hydrogens (tertiary/aromatic N) is 2. The molecule has 2 heterocycles. The van der Waals surface area contributed by atoms with Gasteiger partial charge in [-0.2, -0.15) is 9.97 Å². The molecule has 0 spiro atoms. The number of benzene rings is 1. The summed E-state index contributed by atoms with van der Waals surface area (Å²) >= 11 is 0. The topological polar surface area (TPSA) is 60.0 Å². The molecule has 3 rings (SSSR count). The first-order valence-electron chi connectivity index (χ1n) is 7.25. The molecular formula is C17H19N3O2. The van der Waals surface area contributed by atoms with E-state index in [4.69, 9.17) is 9.47 Å². The molecule has 0 aliphatic rings. The van der Waals surface area contributed by atoms with Crippen molar-refractivity contribution in [3.63, 3.8) is 0 Å². The molecule has 0 fully saturated rings. The fraction of sp³-hybridized carbons (Fsp3) is 0.294. The number of ether oxygens (including phenoxy) is 2. The van der Waals surface area contributed by atoms with Crippen molar-refractivity contribution in [1.82, 2.24) is 15.0 Å². The lowest BCUT2D eigenvalue weighted by molar-refractivity contribution is 0.373. The third kappa shape index (κ3) is 2.28. The highest BCUT2D eigenvalue weighted by Gasteiger charge is 2.16. The highest BCUT2D eigenvalue weighted by atomic mass is 16.5. The Balaban J connectivity index is 2.28. The van der Waals surface area contributed by atoms with Crippen LogP contribution in [0.2, 0.25) is 0 Å². The van der Waals surface area contributed by atoms with Crippen LogP contribution in [-0.2, 0) is 6.42 Å². The zero-order valence-corrected chi connectivity index (χ0v) is 13.2. The summed E-state index contributed by atoms with van der Waals surface area (Å²) in [5, 5.41) is 1.12. The number of methoxy groups -OCH3 is 2. The molecule has 0 unspecified atom stereocenters. The average Bonchev–Trinajstić information content (AvgIpc) is 2.89. The lowest BCUT2D eigenvalue weighted by Gasteiger charge is -2.07. The van der Waals surface area contributed by atoms with Crippen LogP contribution in [0.5, 0.6) is 11.8 Å². The number of hydrogen-bond acceptors (Lipinski definition) is 4. The van der Waals surface area contributed by atoms with E-state index in [1.165, 1.54) is 5.56 Å². The SMILES string of the molecule is CCc1cccc2c(-c3nc(OC)cc(OC)n3)c(C)[nH]c12. The van der Waals surface area contributed by atoms with E-state index < -0.39 is 0 Å². The van der Waals surface area contributed by atoms with Crippen LogP contribution < -0.4 is 9.47 Å². The zero-order chi connectivity index (χ0) is 15.7. The van der Waals surface area contributed by atoms with Gasteiger partial charge in [0.25, 0.3) is 0 Å². The molecule has 0 amide bonds. The van der Waals surface area contributed by atoms with Crippen LogP contribution in [0.1, 0.15) is 18.2 Å². The number of H-pyrrole nitrogens is 1. The van der Waals surface area contributed by atoms with Gasteiger partial charge >= 0.3 is 0 Å². The third-order valence-corrected chi connectivity index (χ3v) is 3.81. The van der Waals surface area contributed by atoms with E-state index >= 15 is 0 Å². The summed E-state index contributed by atoms with van der Waals surface area (Å²) in [6.45, 7) is 4.18. The lowest BCUT2D eigenvalue weighted by atomic mass is 10.1. The van der Waals surface area contributed by atoms with Gasteiger partial charge in [-0.15, -0.1) is 0 Å². The molecule has 0 saturated heterocycles. The van der Waals surface area contributed by atoms with Crippen molar-refractivity contribution in [3.05, 3.63) is 35.5 Å². The molecule has 5 heteroatoms. The quantitative estimate of drug-likeness (QED) is 0.800. The van der Waals surface area contributed by atoms with Gasteiger partial charge in [0, 0.05) is 22.2 Å². The van der Waals surface area contributed by atoms with Crippen molar-refractivity contribution in [2.45, 2.75) is 20.3 Å². The standard InChI is InChI=1S/C17H19N3O2/c1-5-11-7-6-8-12-15(10(2)18-16(11)12)17-19-13(21-3)9-14(20-17)22-4/h6-9,18H,5H2,1-4H3. The molecular weight excluding hydrogens is 278 g/mol. The largest absolute Gasteiger partial charge is 0.481 e. The smallest absolute Gasteiger partial charge is 0.220 e. The van der Waals surface area contributed by atoms with E-state index in [0.717, 1.165) is 28.6 Å². The highest BCUT2D eigenvalue weighted by Crippen LogP contribution is 2.33. The van der Waals surface area contributed by atoms with Crippen molar-refractivity contribution >= 4 is 10.9 Å². The van der Waals surface area contributed by atoms with Crippen LogP contribution in [-0.4, -0.2) is 29.2 Å². The van der Waals surface area contributed by atoms with Gasteiger partial charge in [-0.3, -0.25) is 0 Å². The van der Waals surface area contributed by atoms with Gasteiger partial charge in [0.2, 0.25) is 11.8 Å². The van der Waals surface area contributed by atoms with Gasteiger partial charge in [-0.1, -0.05) is 25.1 Å².